The van der Waals surface area contributed by atoms with Gasteiger partial charge in [-0.25, -0.2) is 4.79 Å². The number of aromatic nitrogens is 2. The van der Waals surface area contributed by atoms with E-state index in [9.17, 15) is 4.79 Å². The molecule has 1 aliphatic carbocycles. The summed E-state index contributed by atoms with van der Waals surface area (Å²) >= 11 is 5.72. The Kier molecular flexibility index (Phi) is 4.94. The van der Waals surface area contributed by atoms with Gasteiger partial charge < -0.3 is 14.2 Å². The van der Waals surface area contributed by atoms with Crippen LogP contribution in [-0.4, -0.2) is 20.2 Å². The van der Waals surface area contributed by atoms with Crippen LogP contribution in [0.15, 0.2) is 60.9 Å². The number of hydrogen-bond acceptors (Lipinski definition) is 2. The van der Waals surface area contributed by atoms with E-state index in [1.54, 1.807) is 12.1 Å². The molecule has 1 aromatic heterocycles. The van der Waals surface area contributed by atoms with Crippen LogP contribution in [0.3, 0.4) is 0 Å². The molecule has 1 atom stereocenters. The predicted octanol–water partition coefficient (Wildman–Crippen LogP) is 4.69. The Morgan fingerprint density at radius 3 is 2.56 bits per heavy atom. The molecule has 4 nitrogen and oxygen atoms in total. The van der Waals surface area contributed by atoms with Gasteiger partial charge in [0.05, 0.1) is 5.56 Å². The van der Waals surface area contributed by atoms with E-state index in [-0.39, 0.29) is 0 Å². The molecule has 0 spiro atoms. The molecule has 138 valence electrons. The molecule has 27 heavy (non-hydrogen) atoms. The van der Waals surface area contributed by atoms with Crippen LogP contribution in [0.5, 0.6) is 0 Å². The van der Waals surface area contributed by atoms with Gasteiger partial charge in [-0.05, 0) is 66.7 Å². The lowest BCUT2D eigenvalue weighted by atomic mass is 9.88. The van der Waals surface area contributed by atoms with Crippen LogP contribution in [0.4, 0.5) is 0 Å². The number of benzene rings is 2. The highest BCUT2D eigenvalue weighted by molar-refractivity contribution is 7.71. The Hall–Kier alpha value is -2.66. The number of hydrogen-bond donors (Lipinski definition) is 1. The van der Waals surface area contributed by atoms with Gasteiger partial charge in [-0.15, -0.1) is 0 Å². The van der Waals surface area contributed by atoms with Gasteiger partial charge in [-0.3, -0.25) is 0 Å². The van der Waals surface area contributed by atoms with Crippen LogP contribution in [-0.2, 0) is 25.8 Å². The molecule has 2 aromatic carbocycles. The summed E-state index contributed by atoms with van der Waals surface area (Å²) in [7, 11) is 0. The third-order valence-electron chi connectivity index (χ3n) is 5.43. The van der Waals surface area contributed by atoms with Crippen molar-refractivity contribution in [2.75, 3.05) is 0 Å². The van der Waals surface area contributed by atoms with Crippen molar-refractivity contribution in [3.05, 3.63) is 87.9 Å². The monoisotopic (exact) mass is 378 g/mol. The normalized spacial score (nSPS) is 16.1. The minimum Gasteiger partial charge on any atom is -0.478 e. The summed E-state index contributed by atoms with van der Waals surface area (Å²) in [5.74, 6) is -0.894. The summed E-state index contributed by atoms with van der Waals surface area (Å²) in [5, 5.41) is 8.99. The van der Waals surface area contributed by atoms with Crippen molar-refractivity contribution in [1.29, 1.82) is 0 Å². The highest BCUT2D eigenvalue weighted by Crippen LogP contribution is 2.29. The molecule has 1 aliphatic rings. The topological polar surface area (TPSA) is 47.2 Å². The van der Waals surface area contributed by atoms with Crippen LogP contribution in [0.1, 0.15) is 39.5 Å². The molecule has 0 amide bonds. The van der Waals surface area contributed by atoms with E-state index in [0.717, 1.165) is 42.6 Å². The predicted molar refractivity (Wildman–Crippen MR) is 108 cm³/mol. The second kappa shape index (κ2) is 7.53. The fourth-order valence-corrected chi connectivity index (χ4v) is 4.22. The van der Waals surface area contributed by atoms with Crippen LogP contribution in [0.2, 0.25) is 0 Å². The summed E-state index contributed by atoms with van der Waals surface area (Å²) in [6.45, 7) is 0.793. The van der Waals surface area contributed by atoms with Crippen LogP contribution in [0, 0.1) is 4.77 Å². The lowest BCUT2D eigenvalue weighted by Gasteiger charge is -2.25. The van der Waals surface area contributed by atoms with Gasteiger partial charge in [0.25, 0.3) is 0 Å². The number of rotatable bonds is 5. The van der Waals surface area contributed by atoms with Gasteiger partial charge in [0.1, 0.15) is 0 Å². The Balaban J connectivity index is 1.45. The van der Waals surface area contributed by atoms with E-state index in [1.807, 2.05) is 12.1 Å². The quantitative estimate of drug-likeness (QED) is 0.655. The largest absolute Gasteiger partial charge is 0.478 e. The smallest absolute Gasteiger partial charge is 0.335 e. The van der Waals surface area contributed by atoms with Gasteiger partial charge in [0, 0.05) is 25.0 Å². The summed E-state index contributed by atoms with van der Waals surface area (Å²) < 4.78 is 5.21. The van der Waals surface area contributed by atoms with E-state index in [4.69, 9.17) is 17.3 Å². The van der Waals surface area contributed by atoms with E-state index >= 15 is 0 Å². The third-order valence-corrected chi connectivity index (χ3v) is 5.88. The van der Waals surface area contributed by atoms with Gasteiger partial charge in [-0.1, -0.05) is 36.4 Å². The summed E-state index contributed by atoms with van der Waals surface area (Å²) in [6, 6.07) is 16.2. The van der Waals surface area contributed by atoms with Gasteiger partial charge in [0.15, 0.2) is 4.77 Å². The first kappa shape index (κ1) is 17.7. The highest BCUT2D eigenvalue weighted by atomic mass is 32.1. The first-order valence-corrected chi connectivity index (χ1v) is 9.69. The number of carbonyl (C=O) groups is 1. The van der Waals surface area contributed by atoms with E-state index < -0.39 is 5.97 Å². The first-order chi connectivity index (χ1) is 13.1. The number of fused-ring (bicyclic) bond motifs is 1. The number of aryl methyl sites for hydroxylation is 3. The summed E-state index contributed by atoms with van der Waals surface area (Å²) in [4.78, 5) is 10.9. The average molecular weight is 378 g/mol. The fraction of sp³-hybridized carbons (Fsp3) is 0.273. The van der Waals surface area contributed by atoms with Crippen LogP contribution < -0.4 is 0 Å². The zero-order valence-electron chi connectivity index (χ0n) is 15.0. The summed E-state index contributed by atoms with van der Waals surface area (Å²) in [5.41, 5.74) is 4.33. The lowest BCUT2D eigenvalue weighted by Crippen LogP contribution is -2.18. The van der Waals surface area contributed by atoms with Crippen molar-refractivity contribution in [3.63, 3.8) is 0 Å². The van der Waals surface area contributed by atoms with Crippen molar-refractivity contribution < 1.29 is 9.90 Å². The number of aromatic carboxylic acids is 1. The maximum absolute atomic E-state index is 10.9. The molecule has 1 N–H and O–H groups in total. The number of nitrogens with zero attached hydrogens (tertiary/aromatic N) is 2. The van der Waals surface area contributed by atoms with Gasteiger partial charge >= 0.3 is 5.97 Å². The molecule has 0 aliphatic heterocycles. The van der Waals surface area contributed by atoms with Crippen molar-refractivity contribution >= 4 is 18.2 Å². The van der Waals surface area contributed by atoms with Gasteiger partial charge in [0.2, 0.25) is 0 Å². The Morgan fingerprint density at radius 2 is 1.81 bits per heavy atom. The van der Waals surface area contributed by atoms with E-state index in [0.29, 0.717) is 11.6 Å². The fourth-order valence-electron chi connectivity index (χ4n) is 3.86. The molecule has 0 saturated carbocycles. The highest BCUT2D eigenvalue weighted by Gasteiger charge is 2.20. The Labute approximate surface area is 163 Å². The SMILES string of the molecule is O=C(O)c1ccc(CCn2ccn(C3CCc4ccccc4C3)c2=S)cc1. The number of imidazole rings is 1. The van der Waals surface area contributed by atoms with Crippen molar-refractivity contribution in [3.8, 4) is 0 Å². The standard InChI is InChI=1S/C22H22N2O2S/c25-21(26)18-7-5-16(6-8-18)11-12-23-13-14-24(22(23)27)20-10-9-17-3-1-2-4-19(17)15-20/h1-8,13-14,20H,9-12,15H2,(H,25,26). The average Bonchev–Trinajstić information content (AvgIpc) is 3.06. The molecule has 0 fully saturated rings. The van der Waals surface area contributed by atoms with Crippen molar-refractivity contribution in [1.82, 2.24) is 9.13 Å². The van der Waals surface area contributed by atoms with Crippen LogP contribution in [0.25, 0.3) is 0 Å². The minimum atomic E-state index is -0.894. The molecule has 1 unspecified atom stereocenters. The number of carboxylic acid groups (broad SMARTS) is 1. The maximum atomic E-state index is 10.9. The van der Waals surface area contributed by atoms with E-state index in [2.05, 4.69) is 45.8 Å². The molecule has 0 radical (unpaired) electrons. The molecule has 4 rings (SSSR count). The second-order valence-corrected chi connectivity index (χ2v) is 7.46. The molecular weight excluding hydrogens is 356 g/mol. The third kappa shape index (κ3) is 3.74. The van der Waals surface area contributed by atoms with Gasteiger partial charge in [-0.2, -0.15) is 0 Å². The van der Waals surface area contributed by atoms with E-state index in [1.165, 1.54) is 11.1 Å². The molecular formula is C22H22N2O2S. The maximum Gasteiger partial charge on any atom is 0.335 e. The molecule has 3 aromatic rings. The van der Waals surface area contributed by atoms with Crippen LogP contribution >= 0.6 is 12.2 Å². The zero-order chi connectivity index (χ0) is 18.8. The number of carboxylic acids is 1. The summed E-state index contributed by atoms with van der Waals surface area (Å²) in [6.07, 6.45) is 8.25. The molecule has 0 saturated heterocycles. The molecule has 5 heteroatoms. The van der Waals surface area contributed by atoms with Crippen molar-refractivity contribution in [2.45, 2.75) is 38.3 Å². The molecule has 0 bridgehead atoms. The second-order valence-electron chi connectivity index (χ2n) is 7.10. The minimum absolute atomic E-state index is 0.319. The lowest BCUT2D eigenvalue weighted by molar-refractivity contribution is 0.0697. The zero-order valence-corrected chi connectivity index (χ0v) is 15.9. The van der Waals surface area contributed by atoms with Crippen molar-refractivity contribution in [2.24, 2.45) is 0 Å². The Bertz CT molecular complexity index is 1020. The molecule has 1 heterocycles. The first-order valence-electron chi connectivity index (χ1n) is 9.28. The Morgan fingerprint density at radius 1 is 1.07 bits per heavy atom.